The lowest BCUT2D eigenvalue weighted by Gasteiger charge is -2.36. The molecule has 6 rings (SSSR count). The van der Waals surface area contributed by atoms with Gasteiger partial charge in [-0.15, -0.1) is 0 Å². The number of nitrogens with one attached hydrogen (secondary N) is 1. The molecule has 1 saturated heterocycles. The summed E-state index contributed by atoms with van der Waals surface area (Å²) >= 11 is 0. The van der Waals surface area contributed by atoms with Gasteiger partial charge in [0, 0.05) is 30.8 Å². The Bertz CT molecular complexity index is 1480. The van der Waals surface area contributed by atoms with E-state index in [4.69, 9.17) is 24.5 Å². The molecule has 10 nitrogen and oxygen atoms in total. The monoisotopic (exact) mass is 518 g/mol. The van der Waals surface area contributed by atoms with E-state index in [1.165, 1.54) is 11.3 Å². The van der Waals surface area contributed by atoms with Gasteiger partial charge in [0.1, 0.15) is 11.9 Å². The standard InChI is InChI=1S/C26H28N4O2.C2H2O4/c31-26-27-21-7-2-3-8-22(21)30(26)17-16-28-14-11-19(12-15-28)25-23-9-5-13-29(23)18-20-6-1-4-10-24(20)32-25;3-1(4)2(5)6/h1-10,13,19,25H,11-12,14-18H2,(H,27,31);(H,3,4)(H,5,6). The van der Waals surface area contributed by atoms with Crippen molar-refractivity contribution in [1.29, 1.82) is 0 Å². The first-order valence-corrected chi connectivity index (χ1v) is 12.7. The number of piperidine rings is 1. The molecule has 0 spiro atoms. The Morgan fingerprint density at radius 1 is 0.921 bits per heavy atom. The average Bonchev–Trinajstić information content (AvgIpc) is 3.46. The van der Waals surface area contributed by atoms with Crippen LogP contribution in [0, 0.1) is 5.92 Å². The zero-order valence-corrected chi connectivity index (χ0v) is 20.8. The highest BCUT2D eigenvalue weighted by molar-refractivity contribution is 6.27. The van der Waals surface area contributed by atoms with Gasteiger partial charge < -0.3 is 29.4 Å². The number of nitrogens with zero attached hydrogens (tertiary/aromatic N) is 3. The van der Waals surface area contributed by atoms with Gasteiger partial charge in [-0.25, -0.2) is 14.4 Å². The number of imidazole rings is 1. The van der Waals surface area contributed by atoms with Crippen LogP contribution in [0.2, 0.25) is 0 Å². The molecule has 3 N–H and O–H groups in total. The summed E-state index contributed by atoms with van der Waals surface area (Å²) in [5.41, 5.74) is 4.40. The van der Waals surface area contributed by atoms with Crippen molar-refractivity contribution in [2.24, 2.45) is 5.92 Å². The van der Waals surface area contributed by atoms with Crippen molar-refractivity contribution in [3.05, 3.63) is 88.6 Å². The van der Waals surface area contributed by atoms with Crippen LogP contribution in [0.4, 0.5) is 0 Å². The molecule has 2 aliphatic heterocycles. The van der Waals surface area contributed by atoms with Gasteiger partial charge in [-0.3, -0.25) is 4.57 Å². The highest BCUT2D eigenvalue weighted by atomic mass is 16.5. The number of benzene rings is 2. The number of hydrogen-bond acceptors (Lipinski definition) is 5. The molecule has 2 aliphatic rings. The summed E-state index contributed by atoms with van der Waals surface area (Å²) in [6.45, 7) is 4.53. The summed E-state index contributed by atoms with van der Waals surface area (Å²) in [4.78, 5) is 36.0. The summed E-state index contributed by atoms with van der Waals surface area (Å²) in [7, 11) is 0. The van der Waals surface area contributed by atoms with Gasteiger partial charge in [0.05, 0.1) is 23.3 Å². The third kappa shape index (κ3) is 5.35. The van der Waals surface area contributed by atoms with E-state index in [2.05, 4.69) is 57.0 Å². The first kappa shape index (κ1) is 25.3. The number of fused-ring (bicyclic) bond motifs is 3. The summed E-state index contributed by atoms with van der Waals surface area (Å²) in [5.74, 6) is -2.14. The molecule has 198 valence electrons. The molecule has 1 fully saturated rings. The number of ether oxygens (including phenoxy) is 1. The number of aromatic amines is 1. The van der Waals surface area contributed by atoms with Crippen LogP contribution < -0.4 is 10.4 Å². The van der Waals surface area contributed by atoms with Crippen molar-refractivity contribution in [2.45, 2.75) is 32.0 Å². The Balaban J connectivity index is 0.000000443. The Labute approximate surface area is 218 Å². The molecule has 2 aromatic carbocycles. The predicted octanol–water partition coefficient (Wildman–Crippen LogP) is 3.18. The first-order valence-electron chi connectivity index (χ1n) is 12.7. The van der Waals surface area contributed by atoms with Crippen LogP contribution in [0.1, 0.15) is 30.2 Å². The number of carboxylic acids is 2. The molecule has 4 aromatic rings. The number of carboxylic acid groups (broad SMARTS) is 2. The average molecular weight is 519 g/mol. The number of likely N-dealkylation sites (tertiary alicyclic amines) is 1. The highest BCUT2D eigenvalue weighted by Gasteiger charge is 2.33. The number of carbonyl (C=O) groups is 2. The molecule has 1 unspecified atom stereocenters. The topological polar surface area (TPSA) is 130 Å². The molecule has 2 aromatic heterocycles. The zero-order chi connectivity index (χ0) is 26.6. The van der Waals surface area contributed by atoms with E-state index in [-0.39, 0.29) is 11.8 Å². The van der Waals surface area contributed by atoms with Crippen LogP contribution in [0.15, 0.2) is 71.7 Å². The molecule has 0 aliphatic carbocycles. The van der Waals surface area contributed by atoms with E-state index < -0.39 is 11.9 Å². The van der Waals surface area contributed by atoms with Crippen molar-refractivity contribution in [2.75, 3.05) is 19.6 Å². The first-order chi connectivity index (χ1) is 18.4. The summed E-state index contributed by atoms with van der Waals surface area (Å²) in [6, 6.07) is 20.7. The van der Waals surface area contributed by atoms with Crippen LogP contribution in [0.5, 0.6) is 5.75 Å². The van der Waals surface area contributed by atoms with Gasteiger partial charge in [0.25, 0.3) is 0 Å². The van der Waals surface area contributed by atoms with E-state index >= 15 is 0 Å². The minimum atomic E-state index is -1.82. The van der Waals surface area contributed by atoms with Crippen LogP contribution in [0.25, 0.3) is 11.0 Å². The minimum Gasteiger partial charge on any atom is -0.484 e. The van der Waals surface area contributed by atoms with Crippen molar-refractivity contribution >= 4 is 23.0 Å². The van der Waals surface area contributed by atoms with E-state index in [1.54, 1.807) is 0 Å². The van der Waals surface area contributed by atoms with Crippen molar-refractivity contribution in [1.82, 2.24) is 19.0 Å². The summed E-state index contributed by atoms with van der Waals surface area (Å²) in [6.07, 6.45) is 4.45. The van der Waals surface area contributed by atoms with E-state index in [1.807, 2.05) is 28.8 Å². The second-order valence-electron chi connectivity index (χ2n) is 9.60. The zero-order valence-electron chi connectivity index (χ0n) is 20.8. The maximum atomic E-state index is 12.4. The van der Waals surface area contributed by atoms with Crippen LogP contribution in [0.3, 0.4) is 0 Å². The van der Waals surface area contributed by atoms with Crippen LogP contribution in [-0.2, 0) is 22.7 Å². The minimum absolute atomic E-state index is 0.0210. The van der Waals surface area contributed by atoms with E-state index in [0.29, 0.717) is 12.5 Å². The molecule has 1 atom stereocenters. The normalized spacial score (nSPS) is 17.4. The fraction of sp³-hybridized carbons (Fsp3) is 0.321. The summed E-state index contributed by atoms with van der Waals surface area (Å²) < 4.78 is 10.8. The molecule has 0 saturated carbocycles. The lowest BCUT2D eigenvalue weighted by molar-refractivity contribution is -0.159. The number of hydrogen-bond donors (Lipinski definition) is 3. The lowest BCUT2D eigenvalue weighted by atomic mass is 9.89. The second kappa shape index (κ2) is 11.0. The van der Waals surface area contributed by atoms with E-state index in [0.717, 1.165) is 55.8 Å². The maximum absolute atomic E-state index is 12.4. The molecule has 4 heterocycles. The second-order valence-corrected chi connectivity index (χ2v) is 9.60. The highest BCUT2D eigenvalue weighted by Crippen LogP contribution is 2.38. The van der Waals surface area contributed by atoms with Crippen LogP contribution in [-0.4, -0.2) is 60.8 Å². The van der Waals surface area contributed by atoms with E-state index in [9.17, 15) is 4.79 Å². The largest absolute Gasteiger partial charge is 0.484 e. The molecule has 38 heavy (non-hydrogen) atoms. The molecule has 0 amide bonds. The van der Waals surface area contributed by atoms with Gasteiger partial charge in [0.15, 0.2) is 0 Å². The molecule has 0 radical (unpaired) electrons. The number of aromatic nitrogens is 3. The Kier molecular flexibility index (Phi) is 7.32. The predicted molar refractivity (Wildman–Crippen MR) is 140 cm³/mol. The number of para-hydroxylation sites is 3. The van der Waals surface area contributed by atoms with Gasteiger partial charge in [-0.1, -0.05) is 30.3 Å². The molecule has 10 heteroatoms. The molecular formula is C28H30N4O6. The van der Waals surface area contributed by atoms with Gasteiger partial charge in [0.2, 0.25) is 0 Å². The smallest absolute Gasteiger partial charge is 0.414 e. The Hall–Kier alpha value is -4.31. The Morgan fingerprint density at radius 3 is 2.39 bits per heavy atom. The third-order valence-electron chi connectivity index (χ3n) is 7.29. The third-order valence-corrected chi connectivity index (χ3v) is 7.29. The molecule has 0 bridgehead atoms. The van der Waals surface area contributed by atoms with Crippen LogP contribution >= 0.6 is 0 Å². The lowest BCUT2D eigenvalue weighted by Crippen LogP contribution is -2.39. The SMILES string of the molecule is O=C(O)C(=O)O.O=c1[nH]c2ccccc2n1CCN1CCC(C2Oc3ccccc3Cn3cccc32)CC1. The number of rotatable bonds is 4. The van der Waals surface area contributed by atoms with Gasteiger partial charge in [-0.05, 0) is 56.3 Å². The van der Waals surface area contributed by atoms with Crippen molar-refractivity contribution < 1.29 is 24.5 Å². The Morgan fingerprint density at radius 2 is 1.63 bits per heavy atom. The quantitative estimate of drug-likeness (QED) is 0.354. The fourth-order valence-corrected chi connectivity index (χ4v) is 5.35. The fourth-order valence-electron chi connectivity index (χ4n) is 5.35. The number of H-pyrrole nitrogens is 1. The van der Waals surface area contributed by atoms with Crippen molar-refractivity contribution in [3.63, 3.8) is 0 Å². The number of aliphatic carboxylic acids is 2. The molecular weight excluding hydrogens is 488 g/mol. The van der Waals surface area contributed by atoms with Gasteiger partial charge >= 0.3 is 17.6 Å². The van der Waals surface area contributed by atoms with Crippen molar-refractivity contribution in [3.8, 4) is 5.75 Å². The van der Waals surface area contributed by atoms with Gasteiger partial charge in [-0.2, -0.15) is 0 Å². The maximum Gasteiger partial charge on any atom is 0.414 e. The summed E-state index contributed by atoms with van der Waals surface area (Å²) in [5, 5.41) is 14.8.